The predicted octanol–water partition coefficient (Wildman–Crippen LogP) is 0.794. The van der Waals surface area contributed by atoms with Crippen molar-refractivity contribution in [1.82, 2.24) is 4.90 Å². The second-order valence-corrected chi connectivity index (χ2v) is 7.36. The molecule has 2 fully saturated rings. The highest BCUT2D eigenvalue weighted by Crippen LogP contribution is 2.32. The molecule has 2 atom stereocenters. The van der Waals surface area contributed by atoms with E-state index in [1.54, 1.807) is 12.1 Å². The number of carbonyl (C=O) groups excluding carboxylic acids is 1. The molecular formula is C13H15NO3S. The Kier molecular flexibility index (Phi) is 2.57. The van der Waals surface area contributed by atoms with Crippen LogP contribution in [0.25, 0.3) is 0 Å². The molecule has 0 bridgehead atoms. The number of nitrogens with zero attached hydrogens (tertiary/aromatic N) is 1. The Morgan fingerprint density at radius 2 is 1.89 bits per heavy atom. The summed E-state index contributed by atoms with van der Waals surface area (Å²) >= 11 is 0. The maximum Gasteiger partial charge on any atom is 0.182 e. The first-order valence-electron chi connectivity index (χ1n) is 6.06. The van der Waals surface area contributed by atoms with Gasteiger partial charge in [0.05, 0.1) is 22.7 Å². The number of ketones is 1. The van der Waals surface area contributed by atoms with Crippen LogP contribution in [0.15, 0.2) is 29.2 Å². The van der Waals surface area contributed by atoms with Gasteiger partial charge in [0.15, 0.2) is 15.6 Å². The Bertz CT molecular complexity index is 591. The minimum atomic E-state index is -3.30. The Labute approximate surface area is 107 Å². The fraction of sp³-hybridized carbons (Fsp3) is 0.462. The molecule has 0 aromatic heterocycles. The summed E-state index contributed by atoms with van der Waals surface area (Å²) in [4.78, 5) is 13.7. The second kappa shape index (κ2) is 3.90. The zero-order valence-corrected chi connectivity index (χ0v) is 11.0. The average molecular weight is 265 g/mol. The first-order valence-corrected chi connectivity index (χ1v) is 7.60. The molecule has 0 spiro atoms. The third-order valence-electron chi connectivity index (χ3n) is 3.88. The van der Waals surface area contributed by atoms with E-state index in [1.165, 1.54) is 0 Å². The molecule has 0 radical (unpaired) electrons. The summed E-state index contributed by atoms with van der Waals surface area (Å²) in [5.74, 6) is 0.177. The van der Waals surface area contributed by atoms with Crippen LogP contribution in [-0.4, -0.2) is 43.5 Å². The van der Waals surface area contributed by atoms with Crippen molar-refractivity contribution in [2.24, 2.45) is 0 Å². The highest BCUT2D eigenvalue weighted by Gasteiger charge is 2.49. The number of hydrogen-bond acceptors (Lipinski definition) is 4. The van der Waals surface area contributed by atoms with Crippen LogP contribution in [0.4, 0.5) is 0 Å². The van der Waals surface area contributed by atoms with Crippen molar-refractivity contribution in [3.05, 3.63) is 29.8 Å². The summed E-state index contributed by atoms with van der Waals surface area (Å²) in [5.41, 5.74) is 1.04. The van der Waals surface area contributed by atoms with Crippen molar-refractivity contribution in [1.29, 1.82) is 0 Å². The molecule has 1 aromatic rings. The van der Waals surface area contributed by atoms with E-state index >= 15 is 0 Å². The molecular weight excluding hydrogens is 250 g/mol. The van der Waals surface area contributed by atoms with Gasteiger partial charge in [0.25, 0.3) is 0 Å². The summed E-state index contributed by atoms with van der Waals surface area (Å²) in [6, 6.07) is 6.78. The first-order chi connectivity index (χ1) is 8.48. The van der Waals surface area contributed by atoms with Gasteiger partial charge in [-0.2, -0.15) is 0 Å². The monoisotopic (exact) mass is 265 g/mol. The van der Waals surface area contributed by atoms with Crippen LogP contribution >= 0.6 is 0 Å². The van der Waals surface area contributed by atoms with Crippen LogP contribution in [0.3, 0.4) is 0 Å². The quantitative estimate of drug-likeness (QED) is 0.793. The van der Waals surface area contributed by atoms with Crippen molar-refractivity contribution in [2.45, 2.75) is 29.5 Å². The molecule has 2 saturated heterocycles. The lowest BCUT2D eigenvalue weighted by Crippen LogP contribution is -2.52. The Balaban J connectivity index is 1.87. The molecule has 1 aromatic carbocycles. The maximum absolute atomic E-state index is 12.4. The number of Topliss-reactive ketones (excluding diaryl/α,β-unsaturated/α-hetero) is 1. The topological polar surface area (TPSA) is 54.5 Å². The van der Waals surface area contributed by atoms with E-state index < -0.39 is 15.1 Å². The second-order valence-electron chi connectivity index (χ2n) is 5.13. The SMILES string of the molecule is Cc1ccc(S(=O)(=O)C2C[C@@H]3C(=O)CN3C2)cc1. The van der Waals surface area contributed by atoms with Crippen molar-refractivity contribution in [3.8, 4) is 0 Å². The van der Waals surface area contributed by atoms with E-state index in [9.17, 15) is 13.2 Å². The maximum atomic E-state index is 12.4. The normalized spacial score (nSPS) is 27.9. The van der Waals surface area contributed by atoms with Gasteiger partial charge in [-0.25, -0.2) is 8.42 Å². The number of rotatable bonds is 2. The van der Waals surface area contributed by atoms with Gasteiger partial charge >= 0.3 is 0 Å². The van der Waals surface area contributed by atoms with Crippen LogP contribution in [-0.2, 0) is 14.6 Å². The molecule has 3 rings (SSSR count). The van der Waals surface area contributed by atoms with Crippen molar-refractivity contribution in [2.75, 3.05) is 13.1 Å². The molecule has 18 heavy (non-hydrogen) atoms. The van der Waals surface area contributed by atoms with Crippen LogP contribution < -0.4 is 0 Å². The zero-order valence-electron chi connectivity index (χ0n) is 10.2. The standard InChI is InChI=1S/C13H15NO3S/c1-9-2-4-10(5-3-9)18(16,17)11-6-12-13(15)8-14(12)7-11/h2-5,11-12H,6-8H2,1H3/t11?,12-/m1/s1. The van der Waals surface area contributed by atoms with Crippen molar-refractivity contribution in [3.63, 3.8) is 0 Å². The summed E-state index contributed by atoms with van der Waals surface area (Å²) in [7, 11) is -3.30. The number of fused-ring (bicyclic) bond motifs is 1. The average Bonchev–Trinajstić information content (AvgIpc) is 2.67. The first kappa shape index (κ1) is 11.9. The molecule has 0 amide bonds. The predicted molar refractivity (Wildman–Crippen MR) is 67.1 cm³/mol. The Morgan fingerprint density at radius 3 is 2.44 bits per heavy atom. The van der Waals surface area contributed by atoms with E-state index in [2.05, 4.69) is 0 Å². The lowest BCUT2D eigenvalue weighted by Gasteiger charge is -2.32. The molecule has 2 aliphatic heterocycles. The summed E-state index contributed by atoms with van der Waals surface area (Å²) < 4.78 is 24.9. The molecule has 0 N–H and O–H groups in total. The fourth-order valence-electron chi connectivity index (χ4n) is 2.71. The number of carbonyl (C=O) groups is 1. The van der Waals surface area contributed by atoms with Gasteiger partial charge in [-0.1, -0.05) is 17.7 Å². The van der Waals surface area contributed by atoms with E-state index in [0.29, 0.717) is 24.4 Å². The van der Waals surface area contributed by atoms with Gasteiger partial charge < -0.3 is 0 Å². The number of benzene rings is 1. The highest BCUT2D eigenvalue weighted by molar-refractivity contribution is 7.92. The van der Waals surface area contributed by atoms with Crippen LogP contribution in [0.5, 0.6) is 0 Å². The highest BCUT2D eigenvalue weighted by atomic mass is 32.2. The van der Waals surface area contributed by atoms with Crippen molar-refractivity contribution < 1.29 is 13.2 Å². The lowest BCUT2D eigenvalue weighted by atomic mass is 10.0. The molecule has 96 valence electrons. The molecule has 2 heterocycles. The molecule has 4 nitrogen and oxygen atoms in total. The smallest absolute Gasteiger partial charge is 0.182 e. The molecule has 1 unspecified atom stereocenters. The van der Waals surface area contributed by atoms with Crippen LogP contribution in [0, 0.1) is 6.92 Å². The number of hydrogen-bond donors (Lipinski definition) is 0. The van der Waals surface area contributed by atoms with Gasteiger partial charge in [-0.05, 0) is 25.5 Å². The Morgan fingerprint density at radius 1 is 1.22 bits per heavy atom. The van der Waals surface area contributed by atoms with Gasteiger partial charge in [0.2, 0.25) is 0 Å². The third-order valence-corrected chi connectivity index (χ3v) is 6.03. The van der Waals surface area contributed by atoms with E-state index in [-0.39, 0.29) is 11.8 Å². The van der Waals surface area contributed by atoms with Gasteiger partial charge in [0, 0.05) is 6.54 Å². The van der Waals surface area contributed by atoms with E-state index in [4.69, 9.17) is 0 Å². The molecule has 0 aliphatic carbocycles. The van der Waals surface area contributed by atoms with E-state index in [1.807, 2.05) is 24.0 Å². The van der Waals surface area contributed by atoms with E-state index in [0.717, 1.165) is 5.56 Å². The minimum absolute atomic E-state index is 0.143. The lowest BCUT2D eigenvalue weighted by molar-refractivity contribution is -0.133. The summed E-state index contributed by atoms with van der Waals surface area (Å²) in [5, 5.41) is -0.434. The van der Waals surface area contributed by atoms with Gasteiger partial charge in [-0.3, -0.25) is 9.69 Å². The van der Waals surface area contributed by atoms with Crippen LogP contribution in [0.2, 0.25) is 0 Å². The molecule has 0 saturated carbocycles. The fourth-order valence-corrected chi connectivity index (χ4v) is 4.43. The molecule has 2 aliphatic rings. The number of sulfone groups is 1. The summed E-state index contributed by atoms with van der Waals surface area (Å²) in [6.45, 7) is 2.84. The number of aryl methyl sites for hydroxylation is 1. The minimum Gasteiger partial charge on any atom is -0.296 e. The van der Waals surface area contributed by atoms with Crippen LogP contribution in [0.1, 0.15) is 12.0 Å². The summed E-state index contributed by atoms with van der Waals surface area (Å²) in [6.07, 6.45) is 0.453. The van der Waals surface area contributed by atoms with Crippen molar-refractivity contribution >= 4 is 15.6 Å². The largest absolute Gasteiger partial charge is 0.296 e. The van der Waals surface area contributed by atoms with Gasteiger partial charge in [-0.15, -0.1) is 0 Å². The Hall–Kier alpha value is -1.20. The van der Waals surface area contributed by atoms with Gasteiger partial charge in [0.1, 0.15) is 0 Å². The zero-order chi connectivity index (χ0) is 12.9. The third kappa shape index (κ3) is 1.69. The molecule has 5 heteroatoms.